The van der Waals surface area contributed by atoms with Crippen LogP contribution in [0.1, 0.15) is 39.5 Å². The first kappa shape index (κ1) is 17.9. The van der Waals surface area contributed by atoms with Crippen molar-refractivity contribution in [3.63, 3.8) is 0 Å². The topological polar surface area (TPSA) is 44.8 Å². The number of ketones is 1. The summed E-state index contributed by atoms with van der Waals surface area (Å²) in [5.74, 6) is 1.89. The third-order valence-electron chi connectivity index (χ3n) is 4.40. The number of rotatable bonds is 6. The average molecular weight is 328 g/mol. The Hall–Kier alpha value is -2.49. The summed E-state index contributed by atoms with van der Waals surface area (Å²) in [6.07, 6.45) is 0.774. The number of carbonyl (C=O) groups excluding carboxylic acids is 1. The van der Waals surface area contributed by atoms with E-state index in [1.807, 2.05) is 39.0 Å². The Labute approximate surface area is 143 Å². The Bertz CT molecular complexity index is 763. The van der Waals surface area contributed by atoms with Crippen molar-refractivity contribution < 1.29 is 19.0 Å². The van der Waals surface area contributed by atoms with Gasteiger partial charge in [-0.15, -0.1) is 0 Å². The minimum atomic E-state index is -0.0712. The van der Waals surface area contributed by atoms with E-state index in [-0.39, 0.29) is 5.78 Å². The van der Waals surface area contributed by atoms with Crippen molar-refractivity contribution in [1.29, 1.82) is 0 Å². The molecule has 0 spiro atoms. The monoisotopic (exact) mass is 328 g/mol. The molecule has 0 amide bonds. The molecule has 0 bridgehead atoms. The highest BCUT2D eigenvalue weighted by Crippen LogP contribution is 2.36. The lowest BCUT2D eigenvalue weighted by Crippen LogP contribution is -2.11. The molecule has 0 unspecified atom stereocenters. The van der Waals surface area contributed by atoms with Gasteiger partial charge in [0.25, 0.3) is 0 Å². The van der Waals surface area contributed by atoms with Gasteiger partial charge < -0.3 is 14.2 Å². The fraction of sp³-hybridized carbons (Fsp3) is 0.350. The molecule has 0 fully saturated rings. The van der Waals surface area contributed by atoms with E-state index in [4.69, 9.17) is 14.2 Å². The number of carbonyl (C=O) groups is 1. The molecule has 0 radical (unpaired) electrons. The normalized spacial score (nSPS) is 10.4. The minimum Gasteiger partial charge on any atom is -0.496 e. The van der Waals surface area contributed by atoms with Crippen LogP contribution in [0, 0.1) is 13.8 Å². The van der Waals surface area contributed by atoms with E-state index in [1.165, 1.54) is 0 Å². The number of ether oxygens (including phenoxy) is 3. The van der Waals surface area contributed by atoms with E-state index in [9.17, 15) is 4.79 Å². The van der Waals surface area contributed by atoms with Crippen LogP contribution in [-0.4, -0.2) is 27.1 Å². The maximum absolute atomic E-state index is 13.2. The van der Waals surface area contributed by atoms with Crippen molar-refractivity contribution in [3.8, 4) is 17.2 Å². The molecule has 0 saturated heterocycles. The first-order chi connectivity index (χ1) is 11.5. The standard InChI is InChI=1S/C20H24O4/c1-7-14-13(3)19(18(24-6)11-17(14)23-5)20(21)15-9-8-10-16(22-4)12(15)2/h8-11H,7H2,1-6H3. The average Bonchev–Trinajstić information content (AvgIpc) is 2.60. The zero-order chi connectivity index (χ0) is 17.9. The highest BCUT2D eigenvalue weighted by atomic mass is 16.5. The second-order valence-corrected chi connectivity index (χ2v) is 5.58. The van der Waals surface area contributed by atoms with Crippen molar-refractivity contribution in [2.75, 3.05) is 21.3 Å². The summed E-state index contributed by atoms with van der Waals surface area (Å²) in [6, 6.07) is 7.27. The first-order valence-electron chi connectivity index (χ1n) is 7.92. The van der Waals surface area contributed by atoms with E-state index in [0.717, 1.165) is 28.9 Å². The maximum atomic E-state index is 13.2. The molecule has 0 aromatic heterocycles. The summed E-state index contributed by atoms with van der Waals surface area (Å²) >= 11 is 0. The molecule has 0 aliphatic heterocycles. The molecule has 4 nitrogen and oxygen atoms in total. The third-order valence-corrected chi connectivity index (χ3v) is 4.40. The van der Waals surface area contributed by atoms with Gasteiger partial charge in [-0.3, -0.25) is 4.79 Å². The van der Waals surface area contributed by atoms with Gasteiger partial charge in [0.15, 0.2) is 5.78 Å². The predicted octanol–water partition coefficient (Wildman–Crippen LogP) is 4.12. The highest BCUT2D eigenvalue weighted by Gasteiger charge is 2.24. The van der Waals surface area contributed by atoms with Gasteiger partial charge in [-0.2, -0.15) is 0 Å². The molecule has 0 heterocycles. The predicted molar refractivity (Wildman–Crippen MR) is 94.8 cm³/mol. The SMILES string of the molecule is CCc1c(OC)cc(OC)c(C(=O)c2cccc(OC)c2C)c1C. The van der Waals surface area contributed by atoms with Crippen LogP contribution in [0.3, 0.4) is 0 Å². The van der Waals surface area contributed by atoms with E-state index in [2.05, 4.69) is 0 Å². The van der Waals surface area contributed by atoms with Crippen LogP contribution in [0.5, 0.6) is 17.2 Å². The lowest BCUT2D eigenvalue weighted by Gasteiger charge is -2.18. The summed E-state index contributed by atoms with van der Waals surface area (Å²) < 4.78 is 16.3. The zero-order valence-corrected chi connectivity index (χ0v) is 15.1. The smallest absolute Gasteiger partial charge is 0.197 e. The van der Waals surface area contributed by atoms with Crippen LogP contribution in [0.25, 0.3) is 0 Å². The van der Waals surface area contributed by atoms with Crippen LogP contribution in [0.4, 0.5) is 0 Å². The summed E-state index contributed by atoms with van der Waals surface area (Å²) in [6.45, 7) is 5.87. The molecule has 0 aliphatic rings. The van der Waals surface area contributed by atoms with Crippen LogP contribution in [0.2, 0.25) is 0 Å². The Morgan fingerprint density at radius 3 is 2.08 bits per heavy atom. The molecule has 2 rings (SSSR count). The molecular formula is C20H24O4. The maximum Gasteiger partial charge on any atom is 0.197 e. The van der Waals surface area contributed by atoms with Crippen LogP contribution < -0.4 is 14.2 Å². The van der Waals surface area contributed by atoms with Gasteiger partial charge in [0.1, 0.15) is 17.2 Å². The van der Waals surface area contributed by atoms with Crippen molar-refractivity contribution in [2.24, 2.45) is 0 Å². The van der Waals surface area contributed by atoms with Gasteiger partial charge in [-0.05, 0) is 37.5 Å². The zero-order valence-electron chi connectivity index (χ0n) is 15.1. The molecule has 0 N–H and O–H groups in total. The van der Waals surface area contributed by atoms with Crippen LogP contribution in [0.15, 0.2) is 24.3 Å². The molecule has 4 heteroatoms. The second kappa shape index (κ2) is 7.39. The molecule has 0 atom stereocenters. The van der Waals surface area contributed by atoms with Gasteiger partial charge in [0.05, 0.1) is 26.9 Å². The fourth-order valence-corrected chi connectivity index (χ4v) is 3.08. The lowest BCUT2D eigenvalue weighted by molar-refractivity contribution is 0.103. The fourth-order valence-electron chi connectivity index (χ4n) is 3.08. The molecule has 2 aromatic rings. The van der Waals surface area contributed by atoms with Gasteiger partial charge in [0, 0.05) is 17.2 Å². The number of hydrogen-bond acceptors (Lipinski definition) is 4. The Morgan fingerprint density at radius 2 is 1.54 bits per heavy atom. The van der Waals surface area contributed by atoms with Crippen molar-refractivity contribution >= 4 is 5.78 Å². The highest BCUT2D eigenvalue weighted by molar-refractivity contribution is 6.13. The largest absolute Gasteiger partial charge is 0.496 e. The van der Waals surface area contributed by atoms with Crippen LogP contribution >= 0.6 is 0 Å². The molecular weight excluding hydrogens is 304 g/mol. The summed E-state index contributed by atoms with van der Waals surface area (Å²) in [5.41, 5.74) is 3.91. The molecule has 2 aromatic carbocycles. The minimum absolute atomic E-state index is 0.0712. The number of methoxy groups -OCH3 is 3. The number of hydrogen-bond donors (Lipinski definition) is 0. The van der Waals surface area contributed by atoms with Gasteiger partial charge in [0.2, 0.25) is 0 Å². The van der Waals surface area contributed by atoms with Crippen molar-refractivity contribution in [3.05, 3.63) is 52.1 Å². The second-order valence-electron chi connectivity index (χ2n) is 5.58. The van der Waals surface area contributed by atoms with Crippen LogP contribution in [-0.2, 0) is 6.42 Å². The van der Waals surface area contributed by atoms with Gasteiger partial charge >= 0.3 is 0 Å². The molecule has 128 valence electrons. The Morgan fingerprint density at radius 1 is 0.917 bits per heavy atom. The Balaban J connectivity index is 2.70. The quantitative estimate of drug-likeness (QED) is 0.748. The summed E-state index contributed by atoms with van der Waals surface area (Å²) in [5, 5.41) is 0. The molecule has 0 saturated carbocycles. The van der Waals surface area contributed by atoms with E-state index in [0.29, 0.717) is 22.6 Å². The van der Waals surface area contributed by atoms with Crippen molar-refractivity contribution in [1.82, 2.24) is 0 Å². The number of benzene rings is 2. The molecule has 0 aliphatic carbocycles. The van der Waals surface area contributed by atoms with Gasteiger partial charge in [-0.1, -0.05) is 19.1 Å². The summed E-state index contributed by atoms with van der Waals surface area (Å²) in [7, 11) is 4.79. The molecule has 24 heavy (non-hydrogen) atoms. The van der Waals surface area contributed by atoms with Crippen molar-refractivity contribution in [2.45, 2.75) is 27.2 Å². The first-order valence-corrected chi connectivity index (χ1v) is 7.92. The van der Waals surface area contributed by atoms with Gasteiger partial charge in [-0.25, -0.2) is 0 Å². The van der Waals surface area contributed by atoms with E-state index >= 15 is 0 Å². The third kappa shape index (κ3) is 2.96. The van der Waals surface area contributed by atoms with E-state index in [1.54, 1.807) is 27.4 Å². The summed E-state index contributed by atoms with van der Waals surface area (Å²) in [4.78, 5) is 13.2. The lowest BCUT2D eigenvalue weighted by atomic mass is 9.91. The van der Waals surface area contributed by atoms with E-state index < -0.39 is 0 Å². The Kier molecular flexibility index (Phi) is 5.50.